The van der Waals surface area contributed by atoms with Crippen LogP contribution in [0.5, 0.6) is 0 Å². The Balaban J connectivity index is 2.36. The van der Waals surface area contributed by atoms with Crippen LogP contribution in [0.25, 0.3) is 10.8 Å². The molecule has 108 valence electrons. The van der Waals surface area contributed by atoms with E-state index in [9.17, 15) is 19.2 Å². The molecule has 0 radical (unpaired) electrons. The highest BCUT2D eigenvalue weighted by molar-refractivity contribution is 9.10. The van der Waals surface area contributed by atoms with Crippen LogP contribution >= 0.6 is 31.9 Å². The van der Waals surface area contributed by atoms with Crippen LogP contribution in [-0.2, 0) is 9.47 Å². The van der Waals surface area contributed by atoms with E-state index in [1.54, 1.807) is 0 Å². The van der Waals surface area contributed by atoms with Crippen molar-refractivity contribution in [3.63, 3.8) is 0 Å². The van der Waals surface area contributed by atoms with Gasteiger partial charge in [-0.2, -0.15) is 0 Å². The molecule has 2 aromatic carbocycles. The Bertz CT molecular complexity index is 903. The van der Waals surface area contributed by atoms with E-state index in [1.165, 1.54) is 12.1 Å². The lowest BCUT2D eigenvalue weighted by Gasteiger charge is -2.23. The van der Waals surface area contributed by atoms with Crippen LogP contribution in [0.3, 0.4) is 0 Å². The van der Waals surface area contributed by atoms with E-state index < -0.39 is 23.9 Å². The Labute approximate surface area is 138 Å². The van der Waals surface area contributed by atoms with Gasteiger partial charge in [0.2, 0.25) is 0 Å². The third-order valence-corrected chi connectivity index (χ3v) is 4.78. The summed E-state index contributed by atoms with van der Waals surface area (Å²) in [5.41, 5.74) is 0.407. The number of ether oxygens (including phenoxy) is 2. The van der Waals surface area contributed by atoms with Crippen LogP contribution in [0, 0.1) is 0 Å². The number of carbonyl (C=O) groups excluding carboxylic acids is 4. The second-order valence-electron chi connectivity index (χ2n) is 4.67. The van der Waals surface area contributed by atoms with Gasteiger partial charge in [0.05, 0.1) is 22.3 Å². The lowest BCUT2D eigenvalue weighted by atomic mass is 9.89. The van der Waals surface area contributed by atoms with Crippen molar-refractivity contribution in [1.29, 1.82) is 0 Å². The van der Waals surface area contributed by atoms with Crippen LogP contribution in [0.1, 0.15) is 41.4 Å². The van der Waals surface area contributed by atoms with Crippen LogP contribution in [0.2, 0.25) is 0 Å². The van der Waals surface area contributed by atoms with Crippen LogP contribution in [-0.4, -0.2) is 23.9 Å². The third kappa shape index (κ3) is 1.53. The van der Waals surface area contributed by atoms with E-state index in [0.29, 0.717) is 0 Å². The zero-order valence-electron chi connectivity index (χ0n) is 10.4. The summed E-state index contributed by atoms with van der Waals surface area (Å²) in [6.07, 6.45) is 0. The molecule has 2 aromatic rings. The van der Waals surface area contributed by atoms with Crippen molar-refractivity contribution in [3.05, 3.63) is 43.3 Å². The first kappa shape index (κ1) is 13.6. The molecule has 0 atom stereocenters. The number of hydrogen-bond acceptors (Lipinski definition) is 6. The van der Waals surface area contributed by atoms with E-state index in [0.717, 1.165) is 0 Å². The fourth-order valence-electron chi connectivity index (χ4n) is 2.67. The molecule has 2 heterocycles. The molecule has 0 aliphatic carbocycles. The van der Waals surface area contributed by atoms with E-state index in [4.69, 9.17) is 4.74 Å². The molecule has 0 unspecified atom stereocenters. The zero-order valence-corrected chi connectivity index (χ0v) is 13.5. The SMILES string of the molecule is O=C1OC(=O)c2cc(Br)c3c4c(c(Br)cc1c24)C(=O)OC3=O. The van der Waals surface area contributed by atoms with Crippen molar-refractivity contribution in [1.82, 2.24) is 0 Å². The maximum Gasteiger partial charge on any atom is 0.347 e. The first-order valence-corrected chi connectivity index (χ1v) is 7.50. The molecule has 2 aliphatic heterocycles. The normalized spacial score (nSPS) is 15.9. The summed E-state index contributed by atoms with van der Waals surface area (Å²) in [4.78, 5) is 47.9. The Morgan fingerprint density at radius 3 is 1.50 bits per heavy atom. The molecule has 0 saturated carbocycles. The fraction of sp³-hybridized carbons (Fsp3) is 0. The number of benzene rings is 2. The molecule has 0 amide bonds. The predicted octanol–water partition coefficient (Wildman–Crippen LogP) is 2.99. The van der Waals surface area contributed by atoms with Gasteiger partial charge in [0, 0.05) is 19.7 Å². The zero-order chi connectivity index (χ0) is 15.8. The molecule has 0 N–H and O–H groups in total. The highest BCUT2D eigenvalue weighted by Gasteiger charge is 2.38. The van der Waals surface area contributed by atoms with Crippen molar-refractivity contribution in [2.75, 3.05) is 0 Å². The number of cyclic esters (lactones) is 4. The fourth-order valence-corrected chi connectivity index (χ4v) is 3.85. The van der Waals surface area contributed by atoms with Crippen LogP contribution in [0.4, 0.5) is 0 Å². The first-order chi connectivity index (χ1) is 10.4. The highest BCUT2D eigenvalue weighted by Crippen LogP contribution is 2.42. The number of carbonyl (C=O) groups is 4. The molecule has 0 aromatic heterocycles. The molecule has 8 heteroatoms. The summed E-state index contributed by atoms with van der Waals surface area (Å²) in [5.74, 6) is -3.34. The van der Waals surface area contributed by atoms with Gasteiger partial charge in [-0.05, 0) is 44.0 Å². The maximum absolute atomic E-state index is 12.0. The highest BCUT2D eigenvalue weighted by atomic mass is 79.9. The minimum absolute atomic E-state index is 0.0957. The van der Waals surface area contributed by atoms with Crippen molar-refractivity contribution in [2.24, 2.45) is 0 Å². The van der Waals surface area contributed by atoms with Crippen molar-refractivity contribution < 1.29 is 28.7 Å². The van der Waals surface area contributed by atoms with Crippen molar-refractivity contribution in [3.8, 4) is 0 Å². The largest absolute Gasteiger partial charge is 0.386 e. The lowest BCUT2D eigenvalue weighted by Crippen LogP contribution is -2.26. The van der Waals surface area contributed by atoms with Gasteiger partial charge in [-0.3, -0.25) is 0 Å². The molecule has 0 fully saturated rings. The minimum atomic E-state index is -0.841. The van der Waals surface area contributed by atoms with E-state index in [2.05, 4.69) is 36.6 Å². The van der Waals surface area contributed by atoms with Crippen LogP contribution in [0.15, 0.2) is 21.1 Å². The maximum atomic E-state index is 12.0. The average Bonchev–Trinajstić information content (AvgIpc) is 2.42. The monoisotopic (exact) mass is 424 g/mol. The van der Waals surface area contributed by atoms with Gasteiger partial charge in [-0.15, -0.1) is 0 Å². The quantitative estimate of drug-likeness (QED) is 0.476. The van der Waals surface area contributed by atoms with E-state index in [-0.39, 0.29) is 42.0 Å². The van der Waals surface area contributed by atoms with Crippen molar-refractivity contribution in [2.45, 2.75) is 0 Å². The Hall–Kier alpha value is -2.06. The predicted molar refractivity (Wildman–Crippen MR) is 78.8 cm³/mol. The summed E-state index contributed by atoms with van der Waals surface area (Å²) in [5, 5.41) is 0.433. The molecule has 0 spiro atoms. The van der Waals surface area contributed by atoms with Crippen molar-refractivity contribution >= 4 is 66.5 Å². The standard InChI is InChI=1S/C14H2Br2O6/c15-5-1-3-7-4(12(18)21-11(3)17)2-6(16)9-10(7)8(5)13(19)22-14(9)20/h1-2H. The smallest absolute Gasteiger partial charge is 0.347 e. The van der Waals surface area contributed by atoms with Gasteiger partial charge in [0.25, 0.3) is 0 Å². The molecule has 4 rings (SSSR count). The Kier molecular flexibility index (Phi) is 2.62. The summed E-state index contributed by atoms with van der Waals surface area (Å²) in [7, 11) is 0. The summed E-state index contributed by atoms with van der Waals surface area (Å²) in [6, 6.07) is 2.76. The van der Waals surface area contributed by atoms with Gasteiger partial charge in [0.1, 0.15) is 0 Å². The number of esters is 4. The summed E-state index contributed by atoms with van der Waals surface area (Å²) >= 11 is 6.39. The second-order valence-corrected chi connectivity index (χ2v) is 6.37. The first-order valence-electron chi connectivity index (χ1n) is 5.92. The van der Waals surface area contributed by atoms with Gasteiger partial charge in [0.15, 0.2) is 0 Å². The minimum Gasteiger partial charge on any atom is -0.386 e. The molecular weight excluding hydrogens is 424 g/mol. The Morgan fingerprint density at radius 2 is 1.05 bits per heavy atom. The lowest BCUT2D eigenvalue weighted by molar-refractivity contribution is 0.0364. The van der Waals surface area contributed by atoms with Gasteiger partial charge >= 0.3 is 23.9 Å². The number of rotatable bonds is 0. The van der Waals surface area contributed by atoms with Gasteiger partial charge in [-0.1, -0.05) is 0 Å². The van der Waals surface area contributed by atoms with Gasteiger partial charge in [-0.25, -0.2) is 19.2 Å². The summed E-state index contributed by atoms with van der Waals surface area (Å²) < 4.78 is 9.95. The Morgan fingerprint density at radius 1 is 0.636 bits per heavy atom. The van der Waals surface area contributed by atoms with Gasteiger partial charge < -0.3 is 9.47 Å². The van der Waals surface area contributed by atoms with Crippen LogP contribution < -0.4 is 0 Å². The molecule has 6 nitrogen and oxygen atoms in total. The number of hydrogen-bond donors (Lipinski definition) is 0. The van der Waals surface area contributed by atoms with E-state index >= 15 is 0 Å². The summed E-state index contributed by atoms with van der Waals surface area (Å²) in [6.45, 7) is 0. The second kappa shape index (κ2) is 4.23. The topological polar surface area (TPSA) is 86.7 Å². The molecule has 0 bridgehead atoms. The molecular formula is C14H2Br2O6. The molecule has 22 heavy (non-hydrogen) atoms. The third-order valence-electron chi connectivity index (χ3n) is 3.53. The average molecular weight is 426 g/mol. The molecule has 0 saturated heterocycles. The van der Waals surface area contributed by atoms with E-state index in [1.807, 2.05) is 0 Å². The number of halogens is 2. The molecule has 2 aliphatic rings.